The number of rotatable bonds is 5. The highest BCUT2D eigenvalue weighted by atomic mass is 35.5. The molecule has 0 saturated carbocycles. The number of carbonyl (C=O) groups is 1. The first kappa shape index (κ1) is 19.3. The molecular weight excluding hydrogens is 419 g/mol. The minimum Gasteiger partial charge on any atom is -0.345 e. The van der Waals surface area contributed by atoms with Crippen LogP contribution in [-0.4, -0.2) is 30.8 Å². The molecular formula is C18H12ClFN6O4. The average molecular weight is 431 g/mol. The summed E-state index contributed by atoms with van der Waals surface area (Å²) < 4.78 is 20.0. The predicted octanol–water partition coefficient (Wildman–Crippen LogP) is 1.63. The number of benzene rings is 2. The third-order valence-electron chi connectivity index (χ3n) is 4.06. The summed E-state index contributed by atoms with van der Waals surface area (Å²) in [6.07, 6.45) is 0. The number of nitrogens with one attached hydrogen (secondary N) is 3. The van der Waals surface area contributed by atoms with Gasteiger partial charge in [-0.2, -0.15) is 4.98 Å². The van der Waals surface area contributed by atoms with Gasteiger partial charge < -0.3 is 9.84 Å². The van der Waals surface area contributed by atoms with E-state index in [0.29, 0.717) is 11.3 Å². The fraction of sp³-hybridized carbons (Fsp3) is 0.0556. The van der Waals surface area contributed by atoms with Gasteiger partial charge in [-0.05, 0) is 42.5 Å². The number of hydrogen-bond acceptors (Lipinski definition) is 6. The van der Waals surface area contributed by atoms with Crippen LogP contribution < -0.4 is 16.7 Å². The normalized spacial score (nSPS) is 10.9. The van der Waals surface area contributed by atoms with E-state index in [1.165, 1.54) is 36.4 Å². The van der Waals surface area contributed by atoms with Crippen LogP contribution in [0.1, 0.15) is 16.2 Å². The molecule has 30 heavy (non-hydrogen) atoms. The van der Waals surface area contributed by atoms with Crippen molar-refractivity contribution in [1.82, 2.24) is 30.2 Å². The van der Waals surface area contributed by atoms with Crippen LogP contribution in [0.15, 0.2) is 56.6 Å². The minimum absolute atomic E-state index is 0.0382. The smallest absolute Gasteiger partial charge is 0.345 e. The van der Waals surface area contributed by atoms with Gasteiger partial charge >= 0.3 is 11.4 Å². The molecule has 0 atom stereocenters. The molecule has 2 heterocycles. The number of aromatic nitrogens is 5. The van der Waals surface area contributed by atoms with Crippen molar-refractivity contribution in [2.24, 2.45) is 0 Å². The Morgan fingerprint density at radius 1 is 1.20 bits per heavy atom. The van der Waals surface area contributed by atoms with Gasteiger partial charge in [0.15, 0.2) is 5.82 Å². The summed E-state index contributed by atoms with van der Waals surface area (Å²) in [5, 5.41) is 8.87. The second kappa shape index (κ2) is 7.79. The molecule has 0 aliphatic carbocycles. The molecule has 0 radical (unpaired) electrons. The Labute approximate surface area is 171 Å². The van der Waals surface area contributed by atoms with Gasteiger partial charge in [-0.3, -0.25) is 9.78 Å². The molecule has 0 bridgehead atoms. The maximum atomic E-state index is 13.9. The van der Waals surface area contributed by atoms with Crippen LogP contribution in [0, 0.1) is 5.82 Å². The Morgan fingerprint density at radius 2 is 1.97 bits per heavy atom. The molecule has 0 saturated heterocycles. The monoisotopic (exact) mass is 430 g/mol. The first-order valence-electron chi connectivity index (χ1n) is 8.49. The third-order valence-corrected chi connectivity index (χ3v) is 4.30. The molecule has 0 aliphatic heterocycles. The van der Waals surface area contributed by atoms with E-state index in [4.69, 9.17) is 16.1 Å². The van der Waals surface area contributed by atoms with E-state index in [1.54, 1.807) is 0 Å². The number of nitrogens with zero attached hydrogens (tertiary/aromatic N) is 3. The molecule has 12 heteroatoms. The van der Waals surface area contributed by atoms with E-state index >= 15 is 0 Å². The molecule has 0 unspecified atom stereocenters. The van der Waals surface area contributed by atoms with Gasteiger partial charge in [-0.1, -0.05) is 16.8 Å². The molecule has 152 valence electrons. The lowest BCUT2D eigenvalue weighted by Crippen LogP contribution is -2.23. The van der Waals surface area contributed by atoms with E-state index in [2.05, 4.69) is 25.5 Å². The lowest BCUT2D eigenvalue weighted by molar-refractivity contribution is 0.0949. The van der Waals surface area contributed by atoms with Gasteiger partial charge in [-0.15, -0.1) is 0 Å². The first-order chi connectivity index (χ1) is 14.4. The summed E-state index contributed by atoms with van der Waals surface area (Å²) in [5.41, 5.74) is -0.486. The molecule has 10 nitrogen and oxygen atoms in total. The number of aromatic amines is 2. The molecule has 4 aromatic rings. The van der Waals surface area contributed by atoms with E-state index in [-0.39, 0.29) is 28.8 Å². The van der Waals surface area contributed by atoms with E-state index in [1.807, 2.05) is 0 Å². The first-order valence-corrected chi connectivity index (χ1v) is 8.86. The van der Waals surface area contributed by atoms with Gasteiger partial charge in [0.2, 0.25) is 0 Å². The minimum atomic E-state index is -0.639. The van der Waals surface area contributed by atoms with Crippen molar-refractivity contribution in [3.8, 4) is 17.1 Å². The summed E-state index contributed by atoms with van der Waals surface area (Å²) in [6, 6.07) is 9.99. The van der Waals surface area contributed by atoms with Gasteiger partial charge in [0.05, 0.1) is 17.8 Å². The second-order valence-corrected chi connectivity index (χ2v) is 6.51. The van der Waals surface area contributed by atoms with Crippen LogP contribution in [0.3, 0.4) is 0 Å². The maximum Gasteiger partial charge on any atom is 0.349 e. The average Bonchev–Trinajstić information content (AvgIpc) is 3.32. The Bertz CT molecular complexity index is 1340. The van der Waals surface area contributed by atoms with Crippen LogP contribution >= 0.6 is 11.6 Å². The van der Waals surface area contributed by atoms with Crippen LogP contribution in [0.25, 0.3) is 17.1 Å². The predicted molar refractivity (Wildman–Crippen MR) is 103 cm³/mol. The highest BCUT2D eigenvalue weighted by molar-refractivity contribution is 6.30. The zero-order valence-corrected chi connectivity index (χ0v) is 15.7. The molecule has 4 rings (SSSR count). The summed E-state index contributed by atoms with van der Waals surface area (Å²) in [6.45, 7) is -0.0517. The third kappa shape index (κ3) is 3.91. The van der Waals surface area contributed by atoms with Gasteiger partial charge in [0, 0.05) is 10.6 Å². The Hall–Kier alpha value is -3.99. The number of halogens is 2. The Morgan fingerprint density at radius 3 is 2.63 bits per heavy atom. The lowest BCUT2D eigenvalue weighted by atomic mass is 10.2. The van der Waals surface area contributed by atoms with Crippen LogP contribution in [-0.2, 0) is 6.54 Å². The quantitative estimate of drug-likeness (QED) is 0.440. The molecule has 2 aromatic heterocycles. The lowest BCUT2D eigenvalue weighted by Gasteiger charge is -2.04. The van der Waals surface area contributed by atoms with E-state index in [0.717, 1.165) is 10.7 Å². The van der Waals surface area contributed by atoms with Crippen LogP contribution in [0.5, 0.6) is 0 Å². The largest absolute Gasteiger partial charge is 0.349 e. The Balaban J connectivity index is 1.42. The van der Waals surface area contributed by atoms with Crippen molar-refractivity contribution >= 4 is 17.5 Å². The SMILES string of the molecule is O=C(NCc1noc(-c2ccc(Cl)cc2F)n1)c1ccc(-n2[nH]c(=O)[nH]c2=O)cc1. The van der Waals surface area contributed by atoms with E-state index in [9.17, 15) is 18.8 Å². The molecule has 1 amide bonds. The zero-order chi connectivity index (χ0) is 21.3. The number of amides is 1. The van der Waals surface area contributed by atoms with Crippen molar-refractivity contribution in [2.45, 2.75) is 6.54 Å². The highest BCUT2D eigenvalue weighted by Gasteiger charge is 2.15. The van der Waals surface area contributed by atoms with E-state index < -0.39 is 23.1 Å². The fourth-order valence-corrected chi connectivity index (χ4v) is 2.80. The summed E-state index contributed by atoms with van der Waals surface area (Å²) in [7, 11) is 0. The van der Waals surface area contributed by atoms with Gasteiger partial charge in [0.25, 0.3) is 11.8 Å². The number of hydrogen-bond donors (Lipinski definition) is 3. The molecule has 2 aromatic carbocycles. The van der Waals surface area contributed by atoms with Crippen molar-refractivity contribution in [1.29, 1.82) is 0 Å². The van der Waals surface area contributed by atoms with Crippen molar-refractivity contribution in [2.75, 3.05) is 0 Å². The van der Waals surface area contributed by atoms with Gasteiger partial charge in [0.1, 0.15) is 5.82 Å². The van der Waals surface area contributed by atoms with Crippen molar-refractivity contribution in [3.05, 3.63) is 85.7 Å². The Kier molecular flexibility index (Phi) is 5.02. The molecule has 3 N–H and O–H groups in total. The highest BCUT2D eigenvalue weighted by Crippen LogP contribution is 2.23. The summed E-state index contributed by atoms with van der Waals surface area (Å²) in [5.74, 6) is -0.922. The topological polar surface area (TPSA) is 139 Å². The summed E-state index contributed by atoms with van der Waals surface area (Å²) >= 11 is 5.72. The number of H-pyrrole nitrogens is 2. The summed E-state index contributed by atoms with van der Waals surface area (Å²) in [4.78, 5) is 41.2. The van der Waals surface area contributed by atoms with Crippen LogP contribution in [0.2, 0.25) is 5.02 Å². The van der Waals surface area contributed by atoms with Crippen molar-refractivity contribution in [3.63, 3.8) is 0 Å². The van der Waals surface area contributed by atoms with Crippen molar-refractivity contribution < 1.29 is 13.7 Å². The molecule has 0 aliphatic rings. The maximum absolute atomic E-state index is 13.9. The van der Waals surface area contributed by atoms with Crippen LogP contribution in [0.4, 0.5) is 4.39 Å². The second-order valence-electron chi connectivity index (χ2n) is 6.08. The number of carbonyl (C=O) groups excluding carboxylic acids is 1. The zero-order valence-electron chi connectivity index (χ0n) is 15.0. The van der Waals surface area contributed by atoms with Gasteiger partial charge in [-0.25, -0.2) is 23.8 Å². The molecule has 0 spiro atoms. The molecule has 0 fully saturated rings. The standard InChI is InChI=1S/C18H12ClFN6O4/c19-10-3-6-12(13(20)7-10)16-22-14(25-30-16)8-21-15(27)9-1-4-11(5-2-9)26-18(29)23-17(28)24-26/h1-7H,8H2,(H,21,27)(H2,23,24,28,29). The fourth-order valence-electron chi connectivity index (χ4n) is 2.64.